The minimum atomic E-state index is -0.129. The molecule has 0 aliphatic carbocycles. The number of aromatic nitrogens is 4. The molecule has 0 spiro atoms. The molecule has 2 aromatic heterocycles. The molecule has 11 nitrogen and oxygen atoms in total. The van der Waals surface area contributed by atoms with Crippen molar-refractivity contribution in [2.45, 2.75) is 46.2 Å². The number of nitrogens with zero attached hydrogens (tertiary/aromatic N) is 6. The number of nitrogens with one attached hydrogen (secondary N) is 2. The first kappa shape index (κ1) is 24.0. The van der Waals surface area contributed by atoms with Gasteiger partial charge in [0.05, 0.1) is 5.69 Å². The molecular formula is C24H31N9O2. The highest BCUT2D eigenvalue weighted by atomic mass is 16.2. The molecule has 3 heterocycles. The minimum Gasteiger partial charge on any atom is -0.368 e. The maximum atomic E-state index is 12.1. The molecule has 0 saturated carbocycles. The Morgan fingerprint density at radius 2 is 1.77 bits per heavy atom. The fourth-order valence-electron chi connectivity index (χ4n) is 4.49. The van der Waals surface area contributed by atoms with E-state index in [4.69, 9.17) is 5.73 Å². The zero-order chi connectivity index (χ0) is 25.1. The first-order valence-electron chi connectivity index (χ1n) is 11.6. The summed E-state index contributed by atoms with van der Waals surface area (Å²) in [6.45, 7) is 8.72. The molecular weight excluding hydrogens is 446 g/mol. The molecule has 1 aromatic carbocycles. The smallest absolute Gasteiger partial charge is 0.248 e. The van der Waals surface area contributed by atoms with Gasteiger partial charge in [0.25, 0.3) is 0 Å². The predicted octanol–water partition coefficient (Wildman–Crippen LogP) is 2.78. The quantitative estimate of drug-likeness (QED) is 0.511. The van der Waals surface area contributed by atoms with Gasteiger partial charge in [0.1, 0.15) is 5.82 Å². The van der Waals surface area contributed by atoms with Crippen LogP contribution in [-0.2, 0) is 9.59 Å². The van der Waals surface area contributed by atoms with E-state index in [0.717, 1.165) is 30.2 Å². The van der Waals surface area contributed by atoms with E-state index in [-0.39, 0.29) is 29.8 Å². The second-order valence-corrected chi connectivity index (χ2v) is 8.82. The summed E-state index contributed by atoms with van der Waals surface area (Å²) >= 11 is 0. The topological polar surface area (TPSA) is 134 Å². The minimum absolute atomic E-state index is 0.0692. The summed E-state index contributed by atoms with van der Waals surface area (Å²) in [5, 5.41) is 10.4. The average molecular weight is 478 g/mol. The molecule has 2 atom stereocenters. The Hall–Kier alpha value is -4.15. The summed E-state index contributed by atoms with van der Waals surface area (Å²) < 4.78 is 1.56. The molecule has 35 heavy (non-hydrogen) atoms. The molecule has 1 saturated heterocycles. The third-order valence-corrected chi connectivity index (χ3v) is 6.01. The number of pyridine rings is 1. The maximum absolute atomic E-state index is 12.1. The van der Waals surface area contributed by atoms with Gasteiger partial charge in [-0.1, -0.05) is 0 Å². The number of amides is 2. The molecule has 184 valence electrons. The van der Waals surface area contributed by atoms with Gasteiger partial charge in [-0.25, -0.2) is 4.98 Å². The fraction of sp³-hybridized carbons (Fsp3) is 0.375. The summed E-state index contributed by atoms with van der Waals surface area (Å²) in [5.74, 6) is 1.34. The van der Waals surface area contributed by atoms with Gasteiger partial charge in [-0.2, -0.15) is 9.67 Å². The first-order valence-corrected chi connectivity index (χ1v) is 11.6. The number of hydrogen-bond acceptors (Lipinski definition) is 8. The monoisotopic (exact) mass is 477 g/mol. The molecule has 0 bridgehead atoms. The predicted molar refractivity (Wildman–Crippen MR) is 136 cm³/mol. The van der Waals surface area contributed by atoms with Crippen LogP contribution in [0, 0.1) is 0 Å². The van der Waals surface area contributed by atoms with E-state index < -0.39 is 0 Å². The van der Waals surface area contributed by atoms with Crippen molar-refractivity contribution in [2.75, 3.05) is 34.4 Å². The zero-order valence-electron chi connectivity index (χ0n) is 20.4. The van der Waals surface area contributed by atoms with Crippen molar-refractivity contribution in [3.8, 4) is 5.69 Å². The molecule has 4 N–H and O–H groups in total. The lowest BCUT2D eigenvalue weighted by molar-refractivity contribution is -0.132. The number of anilines is 5. The van der Waals surface area contributed by atoms with Crippen molar-refractivity contribution in [1.82, 2.24) is 24.6 Å². The van der Waals surface area contributed by atoms with Crippen LogP contribution < -0.4 is 21.3 Å². The summed E-state index contributed by atoms with van der Waals surface area (Å²) in [5.41, 5.74) is 8.37. The molecule has 0 radical (unpaired) electrons. The number of hydrogen-bond donors (Lipinski definition) is 3. The van der Waals surface area contributed by atoms with Gasteiger partial charge < -0.3 is 26.2 Å². The van der Waals surface area contributed by atoms with Crippen molar-refractivity contribution in [3.05, 3.63) is 42.6 Å². The molecule has 4 rings (SSSR count). The Kier molecular flexibility index (Phi) is 6.85. The number of rotatable bonds is 5. The lowest BCUT2D eigenvalue weighted by atomic mass is 10.2. The summed E-state index contributed by atoms with van der Waals surface area (Å²) in [6, 6.07) is 11.2. The highest BCUT2D eigenvalue weighted by Crippen LogP contribution is 2.24. The molecule has 1 aliphatic heterocycles. The average Bonchev–Trinajstić information content (AvgIpc) is 3.09. The second-order valence-electron chi connectivity index (χ2n) is 8.82. The molecule has 11 heteroatoms. The van der Waals surface area contributed by atoms with Gasteiger partial charge in [-0.3, -0.25) is 9.59 Å². The largest absolute Gasteiger partial charge is 0.368 e. The maximum Gasteiger partial charge on any atom is 0.248 e. The van der Waals surface area contributed by atoms with E-state index in [1.54, 1.807) is 29.9 Å². The van der Waals surface area contributed by atoms with E-state index in [0.29, 0.717) is 18.2 Å². The highest BCUT2D eigenvalue weighted by Gasteiger charge is 2.29. The van der Waals surface area contributed by atoms with E-state index in [1.807, 2.05) is 29.2 Å². The summed E-state index contributed by atoms with van der Waals surface area (Å²) in [6.07, 6.45) is 2.58. The van der Waals surface area contributed by atoms with Crippen molar-refractivity contribution >= 4 is 40.9 Å². The number of benzene rings is 1. The van der Waals surface area contributed by atoms with Gasteiger partial charge in [-0.15, -0.1) is 5.10 Å². The van der Waals surface area contributed by atoms with Crippen LogP contribution in [0.3, 0.4) is 0 Å². The van der Waals surface area contributed by atoms with Gasteiger partial charge in [0, 0.05) is 62.7 Å². The Bertz CT molecular complexity index is 1210. The Morgan fingerprint density at radius 3 is 2.46 bits per heavy atom. The van der Waals surface area contributed by atoms with Crippen LogP contribution in [0.5, 0.6) is 0 Å². The molecule has 1 fully saturated rings. The normalized spacial score (nSPS) is 18.2. The third-order valence-electron chi connectivity index (χ3n) is 6.01. The van der Waals surface area contributed by atoms with Crippen molar-refractivity contribution in [2.24, 2.45) is 0 Å². The number of carbonyl (C=O) groups is 2. The molecule has 3 aromatic rings. The summed E-state index contributed by atoms with van der Waals surface area (Å²) in [7, 11) is 0. The van der Waals surface area contributed by atoms with Crippen LogP contribution in [0.2, 0.25) is 0 Å². The van der Waals surface area contributed by atoms with Crippen LogP contribution in [0.1, 0.15) is 34.1 Å². The second kappa shape index (κ2) is 10.00. The third kappa shape index (κ3) is 5.51. The van der Waals surface area contributed by atoms with Gasteiger partial charge in [0.2, 0.25) is 23.7 Å². The number of carbonyl (C=O) groups excluding carboxylic acids is 2. The van der Waals surface area contributed by atoms with Gasteiger partial charge in [0.15, 0.2) is 0 Å². The van der Waals surface area contributed by atoms with Crippen LogP contribution in [0.25, 0.3) is 5.69 Å². The standard InChI is InChI=1S/C24H31N9O2/c1-15-10-12-31(14-16(2)32(15)18(4)35)22-13-21(9-11-26-22)33-23(25)29-24(30-33)28-20-7-5-19(6-8-20)27-17(3)34/h5-9,11,13,15-16H,10,12,14H2,1-4H3,(H,27,34)(H3,25,28,29,30)/t15-,16+/m1/s1. The SMILES string of the molecule is CC(=O)Nc1ccc(Nc2nc(N)n(-c3ccnc(N4CC[C@@H](C)N(C(C)=O)[C@@H](C)C4)c3)n2)cc1. The van der Waals surface area contributed by atoms with E-state index >= 15 is 0 Å². The van der Waals surface area contributed by atoms with Crippen LogP contribution >= 0.6 is 0 Å². The Morgan fingerprint density at radius 1 is 1.06 bits per heavy atom. The number of nitrogen functional groups attached to an aromatic ring is 1. The lowest BCUT2D eigenvalue weighted by Crippen LogP contribution is -2.45. The highest BCUT2D eigenvalue weighted by molar-refractivity contribution is 5.88. The van der Waals surface area contributed by atoms with E-state index in [1.165, 1.54) is 6.92 Å². The Labute approximate surface area is 204 Å². The van der Waals surface area contributed by atoms with E-state index in [2.05, 4.69) is 44.4 Å². The van der Waals surface area contributed by atoms with Crippen LogP contribution in [0.4, 0.5) is 29.1 Å². The van der Waals surface area contributed by atoms with Crippen molar-refractivity contribution < 1.29 is 9.59 Å². The Balaban J connectivity index is 1.52. The molecule has 0 unspecified atom stereocenters. The lowest BCUT2D eigenvalue weighted by Gasteiger charge is -2.32. The number of nitrogens with two attached hydrogens (primary N) is 1. The zero-order valence-corrected chi connectivity index (χ0v) is 20.4. The van der Waals surface area contributed by atoms with E-state index in [9.17, 15) is 9.59 Å². The van der Waals surface area contributed by atoms with Crippen molar-refractivity contribution in [3.63, 3.8) is 0 Å². The summed E-state index contributed by atoms with van der Waals surface area (Å²) in [4.78, 5) is 36.3. The first-order chi connectivity index (χ1) is 16.7. The van der Waals surface area contributed by atoms with Gasteiger partial charge in [-0.05, 0) is 50.6 Å². The van der Waals surface area contributed by atoms with Gasteiger partial charge >= 0.3 is 0 Å². The van der Waals surface area contributed by atoms with Crippen molar-refractivity contribution in [1.29, 1.82) is 0 Å². The van der Waals surface area contributed by atoms with Crippen LogP contribution in [-0.4, -0.2) is 61.6 Å². The fourth-order valence-corrected chi connectivity index (χ4v) is 4.49. The molecule has 1 aliphatic rings. The molecule has 2 amide bonds. The van der Waals surface area contributed by atoms with Crippen LogP contribution in [0.15, 0.2) is 42.6 Å².